The van der Waals surface area contributed by atoms with Gasteiger partial charge in [-0.3, -0.25) is 4.79 Å². The highest BCUT2D eigenvalue weighted by molar-refractivity contribution is 5.94. The summed E-state index contributed by atoms with van der Waals surface area (Å²) in [6, 6.07) is 8.69. The molecule has 0 radical (unpaired) electrons. The Morgan fingerprint density at radius 1 is 1.26 bits per heavy atom. The summed E-state index contributed by atoms with van der Waals surface area (Å²) in [6.45, 7) is 7.34. The van der Waals surface area contributed by atoms with E-state index >= 15 is 0 Å². The average Bonchev–Trinajstić information content (AvgIpc) is 3.60. The summed E-state index contributed by atoms with van der Waals surface area (Å²) in [5.41, 5.74) is 5.62. The number of nitrogens with zero attached hydrogens (tertiary/aromatic N) is 3. The molecular formula is C25H30N4O2. The summed E-state index contributed by atoms with van der Waals surface area (Å²) in [5, 5.41) is 3.63. The van der Waals surface area contributed by atoms with Gasteiger partial charge in [-0.25, -0.2) is 9.97 Å². The van der Waals surface area contributed by atoms with Crippen molar-refractivity contribution in [2.75, 3.05) is 23.4 Å². The predicted molar refractivity (Wildman–Crippen MR) is 122 cm³/mol. The molecule has 1 unspecified atom stereocenters. The van der Waals surface area contributed by atoms with E-state index in [1.807, 2.05) is 13.0 Å². The number of rotatable bonds is 4. The zero-order valence-electron chi connectivity index (χ0n) is 18.5. The minimum Gasteiger partial charge on any atom is -0.377 e. The van der Waals surface area contributed by atoms with Crippen molar-refractivity contribution in [2.24, 2.45) is 11.8 Å². The van der Waals surface area contributed by atoms with Crippen molar-refractivity contribution < 1.29 is 9.53 Å². The van der Waals surface area contributed by atoms with E-state index in [9.17, 15) is 4.79 Å². The molecule has 5 rings (SSSR count). The van der Waals surface area contributed by atoms with Gasteiger partial charge in [0, 0.05) is 36.5 Å². The molecule has 162 valence electrons. The maximum absolute atomic E-state index is 12.8. The first-order valence-electron chi connectivity index (χ1n) is 11.3. The zero-order valence-corrected chi connectivity index (χ0v) is 18.5. The summed E-state index contributed by atoms with van der Waals surface area (Å²) in [7, 11) is 0. The largest absolute Gasteiger partial charge is 0.377 e. The first kappa shape index (κ1) is 20.2. The normalized spacial score (nSPS) is 25.6. The van der Waals surface area contributed by atoms with Gasteiger partial charge in [0.2, 0.25) is 11.9 Å². The number of carbonyl (C=O) groups is 1. The number of aromatic nitrogens is 2. The topological polar surface area (TPSA) is 67.3 Å². The van der Waals surface area contributed by atoms with Gasteiger partial charge >= 0.3 is 0 Å². The molecular weight excluding hydrogens is 388 g/mol. The number of benzene rings is 1. The van der Waals surface area contributed by atoms with Crippen LogP contribution in [-0.2, 0) is 9.53 Å². The minimum absolute atomic E-state index is 0.0402. The molecule has 2 aromatic rings. The second-order valence-corrected chi connectivity index (χ2v) is 9.05. The predicted octanol–water partition coefficient (Wildman–Crippen LogP) is 4.52. The van der Waals surface area contributed by atoms with Crippen molar-refractivity contribution >= 4 is 23.1 Å². The molecule has 0 saturated heterocycles. The molecule has 3 atom stereocenters. The van der Waals surface area contributed by atoms with Gasteiger partial charge in [-0.15, -0.1) is 0 Å². The number of amides is 1. The number of fused-ring (bicyclic) bond motifs is 1. The lowest BCUT2D eigenvalue weighted by atomic mass is 9.79. The SMILES string of the molecule is CC(=O)N1c2ccc(C3=CCOCC3)cc2C(Nc2nccc(C)n2)[C@@H](C)[C@@H]1C1CC1. The van der Waals surface area contributed by atoms with Gasteiger partial charge in [-0.1, -0.05) is 19.1 Å². The number of ether oxygens (including phenoxy) is 1. The van der Waals surface area contributed by atoms with E-state index in [1.165, 1.54) is 24.0 Å². The Bertz CT molecular complexity index is 1030. The van der Waals surface area contributed by atoms with Crippen LogP contribution in [0.25, 0.3) is 5.57 Å². The Labute approximate surface area is 183 Å². The molecule has 6 nitrogen and oxygen atoms in total. The lowest BCUT2D eigenvalue weighted by molar-refractivity contribution is -0.117. The molecule has 1 aliphatic carbocycles. The van der Waals surface area contributed by atoms with Crippen LogP contribution in [0.4, 0.5) is 11.6 Å². The Morgan fingerprint density at radius 3 is 2.77 bits per heavy atom. The zero-order chi connectivity index (χ0) is 21.5. The molecule has 0 bridgehead atoms. The summed E-state index contributed by atoms with van der Waals surface area (Å²) in [5.74, 6) is 1.57. The third-order valence-electron chi connectivity index (χ3n) is 6.84. The third kappa shape index (κ3) is 3.85. The maximum Gasteiger partial charge on any atom is 0.224 e. The molecule has 1 aromatic carbocycles. The van der Waals surface area contributed by atoms with Gasteiger partial charge in [-0.2, -0.15) is 0 Å². The second-order valence-electron chi connectivity index (χ2n) is 9.05. The number of nitrogens with one attached hydrogen (secondary N) is 1. The number of carbonyl (C=O) groups excluding carboxylic acids is 1. The third-order valence-corrected chi connectivity index (χ3v) is 6.84. The van der Waals surface area contributed by atoms with Crippen molar-refractivity contribution in [3.8, 4) is 0 Å². The van der Waals surface area contributed by atoms with Crippen LogP contribution in [0.1, 0.15) is 56.0 Å². The lowest BCUT2D eigenvalue weighted by Gasteiger charge is -2.46. The van der Waals surface area contributed by atoms with Crippen LogP contribution in [0.15, 0.2) is 36.5 Å². The molecule has 1 saturated carbocycles. The van der Waals surface area contributed by atoms with Gasteiger partial charge in [0.15, 0.2) is 0 Å². The Hall–Kier alpha value is -2.73. The average molecular weight is 419 g/mol. The van der Waals surface area contributed by atoms with Crippen molar-refractivity contribution in [2.45, 2.75) is 52.1 Å². The van der Waals surface area contributed by atoms with Crippen LogP contribution in [0.3, 0.4) is 0 Å². The van der Waals surface area contributed by atoms with Crippen molar-refractivity contribution in [3.05, 3.63) is 53.4 Å². The van der Waals surface area contributed by atoms with Crippen LogP contribution in [0, 0.1) is 18.8 Å². The first-order chi connectivity index (χ1) is 15.0. The van der Waals surface area contributed by atoms with Gasteiger partial charge < -0.3 is 15.0 Å². The highest BCUT2D eigenvalue weighted by atomic mass is 16.5. The van der Waals surface area contributed by atoms with Crippen LogP contribution in [-0.4, -0.2) is 35.1 Å². The van der Waals surface area contributed by atoms with Crippen LogP contribution in [0.5, 0.6) is 0 Å². The quantitative estimate of drug-likeness (QED) is 0.791. The van der Waals surface area contributed by atoms with E-state index in [4.69, 9.17) is 4.74 Å². The summed E-state index contributed by atoms with van der Waals surface area (Å²) < 4.78 is 5.50. The number of hydrogen-bond donors (Lipinski definition) is 1. The van der Waals surface area contributed by atoms with Crippen molar-refractivity contribution in [3.63, 3.8) is 0 Å². The van der Waals surface area contributed by atoms with Gasteiger partial charge in [0.1, 0.15) is 0 Å². The maximum atomic E-state index is 12.8. The molecule has 31 heavy (non-hydrogen) atoms. The van der Waals surface area contributed by atoms with E-state index < -0.39 is 0 Å². The Morgan fingerprint density at radius 2 is 2.10 bits per heavy atom. The Kier molecular flexibility index (Phi) is 5.26. The van der Waals surface area contributed by atoms with Crippen LogP contribution < -0.4 is 10.2 Å². The second kappa shape index (κ2) is 8.08. The minimum atomic E-state index is 0.0402. The van der Waals surface area contributed by atoms with Crippen molar-refractivity contribution in [1.29, 1.82) is 0 Å². The molecule has 1 aromatic heterocycles. The summed E-state index contributed by atoms with van der Waals surface area (Å²) >= 11 is 0. The molecule has 3 heterocycles. The highest BCUT2D eigenvalue weighted by Gasteiger charge is 2.47. The number of hydrogen-bond acceptors (Lipinski definition) is 5. The number of aryl methyl sites for hydroxylation is 1. The monoisotopic (exact) mass is 418 g/mol. The highest BCUT2D eigenvalue weighted by Crippen LogP contribution is 2.50. The smallest absolute Gasteiger partial charge is 0.224 e. The molecule has 1 fully saturated rings. The molecule has 0 spiro atoms. The molecule has 2 aliphatic heterocycles. The van der Waals surface area contributed by atoms with Gasteiger partial charge in [0.05, 0.1) is 19.3 Å². The fourth-order valence-corrected chi connectivity index (χ4v) is 5.21. The Balaban J connectivity index is 1.61. The van der Waals surface area contributed by atoms with Gasteiger partial charge in [-0.05, 0) is 67.0 Å². The fourth-order valence-electron chi connectivity index (χ4n) is 5.21. The van der Waals surface area contributed by atoms with E-state index in [1.54, 1.807) is 13.1 Å². The number of anilines is 2. The van der Waals surface area contributed by atoms with Crippen LogP contribution >= 0.6 is 0 Å². The van der Waals surface area contributed by atoms with Crippen LogP contribution in [0.2, 0.25) is 0 Å². The molecule has 6 heteroatoms. The standard InChI is InChI=1S/C25H30N4O2/c1-15-8-11-26-25(27-15)28-23-16(2)24(19-4-5-19)29(17(3)30)22-7-6-20(14-21(22)23)18-9-12-31-13-10-18/h6-9,11,14,16,19,23-24H,4-5,10,12-13H2,1-3H3,(H,26,27,28)/t16-,23?,24-/m1/s1. The molecule has 3 aliphatic rings. The van der Waals surface area contributed by atoms with E-state index in [0.717, 1.165) is 30.0 Å². The fraction of sp³-hybridized carbons (Fsp3) is 0.480. The summed E-state index contributed by atoms with van der Waals surface area (Å²) in [4.78, 5) is 23.9. The molecule has 1 amide bonds. The lowest BCUT2D eigenvalue weighted by Crippen LogP contribution is -2.51. The van der Waals surface area contributed by atoms with E-state index in [0.29, 0.717) is 18.5 Å². The van der Waals surface area contributed by atoms with Gasteiger partial charge in [0.25, 0.3) is 0 Å². The first-order valence-corrected chi connectivity index (χ1v) is 11.3. The molecule has 1 N–H and O–H groups in total. The van der Waals surface area contributed by atoms with Crippen molar-refractivity contribution in [1.82, 2.24) is 9.97 Å². The summed E-state index contributed by atoms with van der Waals surface area (Å²) in [6.07, 6.45) is 7.25. The van der Waals surface area contributed by atoms with E-state index in [2.05, 4.69) is 51.4 Å². The van der Waals surface area contributed by atoms with E-state index in [-0.39, 0.29) is 23.9 Å².